The lowest BCUT2D eigenvalue weighted by Gasteiger charge is -2.33. The molecule has 0 aliphatic heterocycles. The molecule has 1 aliphatic carbocycles. The van der Waals surface area contributed by atoms with Crippen LogP contribution in [0.15, 0.2) is 152 Å². The number of aryl methyl sites for hydroxylation is 2. The fourth-order valence-corrected chi connectivity index (χ4v) is 8.84. The molecule has 0 atom stereocenters. The standard InChI is InChI=1S/C14H22.2C11H16O.2C11H16.C10H20.C10H14/c1-13(2,3)11-7-9-12(10-8-11)14(4,5)6;1-11(2,3)9-5-7-10(12-4)8-6-9;1-11(2,3)9-7-5-6-8-10(9)12-4;2*1-9-5-7-10(8-6-9)11(2,3)4;2*1-10(2,3)9-7-5-4-6-8-9/h7-10H,1-6H3;2*5-8H,1-4H3;2*5-8H,1-4H3;9H,4-8H2,1-3H3;4-8H,1-3H3. The van der Waals surface area contributed by atoms with E-state index in [2.05, 4.69) is 301 Å². The smallest absolute Gasteiger partial charge is 0.122 e. The van der Waals surface area contributed by atoms with E-state index in [0.29, 0.717) is 10.8 Å². The third-order valence-corrected chi connectivity index (χ3v) is 14.8. The number of rotatable bonds is 2. The molecule has 1 saturated carbocycles. The van der Waals surface area contributed by atoms with Crippen LogP contribution < -0.4 is 9.47 Å². The average molecular weight is 1090 g/mol. The second-order valence-corrected chi connectivity index (χ2v) is 30.6. The fraction of sp³-hybridized carbons (Fsp3) is 0.538. The van der Waals surface area contributed by atoms with Crippen molar-refractivity contribution in [3.63, 3.8) is 0 Å². The molecule has 0 saturated heterocycles. The van der Waals surface area contributed by atoms with Crippen molar-refractivity contribution in [2.45, 2.75) is 250 Å². The first-order valence-corrected chi connectivity index (χ1v) is 30.1. The van der Waals surface area contributed by atoms with Crippen LogP contribution in [0.1, 0.15) is 248 Å². The van der Waals surface area contributed by atoms with Gasteiger partial charge in [0.05, 0.1) is 14.2 Å². The summed E-state index contributed by atoms with van der Waals surface area (Å²) < 4.78 is 10.4. The van der Waals surface area contributed by atoms with Gasteiger partial charge in [0.2, 0.25) is 0 Å². The second kappa shape index (κ2) is 31.9. The van der Waals surface area contributed by atoms with Gasteiger partial charge in [-0.1, -0.05) is 330 Å². The Morgan fingerprint density at radius 3 is 0.800 bits per heavy atom. The van der Waals surface area contributed by atoms with E-state index in [4.69, 9.17) is 9.47 Å². The summed E-state index contributed by atoms with van der Waals surface area (Å²) in [5.41, 5.74) is 14.6. The molecule has 0 aromatic heterocycles. The van der Waals surface area contributed by atoms with Crippen molar-refractivity contribution in [1.29, 1.82) is 0 Å². The van der Waals surface area contributed by atoms with E-state index in [1.807, 2.05) is 30.3 Å². The molecule has 2 nitrogen and oxygen atoms in total. The minimum Gasteiger partial charge on any atom is -0.497 e. The van der Waals surface area contributed by atoms with E-state index in [-0.39, 0.29) is 32.5 Å². The molecule has 0 amide bonds. The predicted octanol–water partition coefficient (Wildman–Crippen LogP) is 23.4. The molecule has 0 heterocycles. The molecule has 0 bridgehead atoms. The molecular weight excluding hydrogens is 969 g/mol. The minimum absolute atomic E-state index is 0.159. The zero-order valence-corrected chi connectivity index (χ0v) is 56.9. The topological polar surface area (TPSA) is 18.5 Å². The molecule has 7 rings (SSSR count). The zero-order chi connectivity index (χ0) is 61.6. The first kappa shape index (κ1) is 72.9. The first-order chi connectivity index (χ1) is 36.5. The van der Waals surface area contributed by atoms with Crippen molar-refractivity contribution in [3.05, 3.63) is 202 Å². The highest BCUT2D eigenvalue weighted by molar-refractivity contribution is 5.38. The Morgan fingerprint density at radius 2 is 0.562 bits per heavy atom. The maximum atomic E-state index is 5.27. The molecule has 0 N–H and O–H groups in total. The number of para-hydroxylation sites is 1. The van der Waals surface area contributed by atoms with Crippen molar-refractivity contribution >= 4 is 0 Å². The van der Waals surface area contributed by atoms with Gasteiger partial charge < -0.3 is 9.47 Å². The van der Waals surface area contributed by atoms with Crippen LogP contribution >= 0.6 is 0 Å². The SMILES string of the molecule is CC(C)(C)C1CCCCC1.CC(C)(C)c1ccc(C(C)(C)C)cc1.CC(C)(C)c1ccccc1.COc1ccc(C(C)(C)C)cc1.COc1ccccc1C(C)(C)C.Cc1ccc(C(C)(C)C)cc1.Cc1ccc(C(C)(C)C)cc1. The van der Waals surface area contributed by atoms with Crippen LogP contribution in [-0.4, -0.2) is 14.2 Å². The lowest BCUT2D eigenvalue weighted by atomic mass is 9.72. The summed E-state index contributed by atoms with van der Waals surface area (Å²) in [7, 11) is 3.40. The first-order valence-electron chi connectivity index (χ1n) is 30.1. The van der Waals surface area contributed by atoms with Crippen molar-refractivity contribution in [2.24, 2.45) is 11.3 Å². The number of methoxy groups -OCH3 is 2. The fourth-order valence-electron chi connectivity index (χ4n) is 8.84. The van der Waals surface area contributed by atoms with Gasteiger partial charge in [0.1, 0.15) is 11.5 Å². The molecule has 1 aliphatic rings. The quantitative estimate of drug-likeness (QED) is 0.172. The second-order valence-electron chi connectivity index (χ2n) is 30.6. The van der Waals surface area contributed by atoms with Gasteiger partial charge in [0.25, 0.3) is 0 Å². The van der Waals surface area contributed by atoms with Crippen LogP contribution in [0.4, 0.5) is 0 Å². The van der Waals surface area contributed by atoms with E-state index in [9.17, 15) is 0 Å². The highest BCUT2D eigenvalue weighted by Gasteiger charge is 2.26. The summed E-state index contributed by atoms with van der Waals surface area (Å²) >= 11 is 0. The van der Waals surface area contributed by atoms with Crippen LogP contribution in [0.3, 0.4) is 0 Å². The van der Waals surface area contributed by atoms with Crippen molar-refractivity contribution < 1.29 is 9.47 Å². The van der Waals surface area contributed by atoms with E-state index in [1.54, 1.807) is 14.2 Å². The Bertz CT molecular complexity index is 2460. The van der Waals surface area contributed by atoms with Crippen molar-refractivity contribution in [2.75, 3.05) is 14.2 Å². The molecule has 0 unspecified atom stereocenters. The van der Waals surface area contributed by atoms with Gasteiger partial charge in [0, 0.05) is 0 Å². The van der Waals surface area contributed by atoms with Gasteiger partial charge in [0.15, 0.2) is 0 Å². The summed E-state index contributed by atoms with van der Waals surface area (Å²) in [6.45, 7) is 58.1. The van der Waals surface area contributed by atoms with Gasteiger partial charge in [-0.25, -0.2) is 0 Å². The highest BCUT2D eigenvalue weighted by Crippen LogP contribution is 2.37. The highest BCUT2D eigenvalue weighted by atomic mass is 16.5. The van der Waals surface area contributed by atoms with Gasteiger partial charge in [-0.3, -0.25) is 0 Å². The Hall–Kier alpha value is -5.08. The van der Waals surface area contributed by atoms with Crippen molar-refractivity contribution in [1.82, 2.24) is 0 Å². The average Bonchev–Trinajstić information content (AvgIpc) is 3.36. The Morgan fingerprint density at radius 1 is 0.287 bits per heavy atom. The third kappa shape index (κ3) is 29.1. The Labute approximate surface area is 495 Å². The molecule has 6 aromatic rings. The van der Waals surface area contributed by atoms with E-state index >= 15 is 0 Å². The van der Waals surface area contributed by atoms with E-state index in [1.165, 1.54) is 82.2 Å². The van der Waals surface area contributed by atoms with Crippen LogP contribution in [-0.2, 0) is 37.9 Å². The monoisotopic (exact) mass is 1090 g/mol. The number of ether oxygens (including phenoxy) is 2. The molecule has 444 valence electrons. The summed E-state index contributed by atoms with van der Waals surface area (Å²) in [4.78, 5) is 0. The Kier molecular flexibility index (Phi) is 29.1. The largest absolute Gasteiger partial charge is 0.497 e. The molecule has 0 spiro atoms. The number of hydrogen-bond acceptors (Lipinski definition) is 2. The van der Waals surface area contributed by atoms with E-state index in [0.717, 1.165) is 17.4 Å². The molecular formula is C78H120O2. The lowest BCUT2D eigenvalue weighted by molar-refractivity contribution is 0.180. The van der Waals surface area contributed by atoms with Gasteiger partial charge in [-0.05, 0) is 133 Å². The van der Waals surface area contributed by atoms with Crippen LogP contribution in [0.5, 0.6) is 11.5 Å². The van der Waals surface area contributed by atoms with Crippen LogP contribution in [0.25, 0.3) is 0 Å². The lowest BCUT2D eigenvalue weighted by Crippen LogP contribution is -2.22. The maximum Gasteiger partial charge on any atom is 0.122 e. The van der Waals surface area contributed by atoms with Crippen LogP contribution in [0.2, 0.25) is 0 Å². The van der Waals surface area contributed by atoms with Gasteiger partial charge in [-0.2, -0.15) is 0 Å². The number of hydrogen-bond donors (Lipinski definition) is 0. The summed E-state index contributed by atoms with van der Waals surface area (Å²) in [5, 5.41) is 0. The van der Waals surface area contributed by atoms with Crippen molar-refractivity contribution in [3.8, 4) is 11.5 Å². The zero-order valence-electron chi connectivity index (χ0n) is 56.9. The predicted molar refractivity (Wildman–Crippen MR) is 358 cm³/mol. The van der Waals surface area contributed by atoms with E-state index < -0.39 is 0 Å². The molecule has 2 heteroatoms. The summed E-state index contributed by atoms with van der Waals surface area (Å²) in [5.74, 6) is 2.90. The normalized spacial score (nSPS) is 13.2. The molecule has 6 aromatic carbocycles. The molecule has 1 fully saturated rings. The molecule has 0 radical (unpaired) electrons. The maximum absolute atomic E-state index is 5.27. The minimum atomic E-state index is 0.159. The molecule has 80 heavy (non-hydrogen) atoms. The van der Waals surface area contributed by atoms with Gasteiger partial charge in [-0.15, -0.1) is 0 Å². The third-order valence-electron chi connectivity index (χ3n) is 14.8. The summed E-state index contributed by atoms with van der Waals surface area (Å²) in [6.07, 6.45) is 7.38. The summed E-state index contributed by atoms with van der Waals surface area (Å²) in [6, 6.07) is 53.4. The number of benzene rings is 6. The van der Waals surface area contributed by atoms with Crippen LogP contribution in [0, 0.1) is 25.2 Å². The van der Waals surface area contributed by atoms with Gasteiger partial charge >= 0.3 is 0 Å². The Balaban J connectivity index is 0.000000468.